The van der Waals surface area contributed by atoms with E-state index >= 15 is 0 Å². The fourth-order valence-corrected chi connectivity index (χ4v) is 7.73. The highest BCUT2D eigenvalue weighted by atomic mass is 16.7. The van der Waals surface area contributed by atoms with Crippen LogP contribution in [-0.4, -0.2) is 95.9 Å². The minimum absolute atomic E-state index is 0.00108. The number of hydrogen-bond acceptors (Lipinski definition) is 10. The lowest BCUT2D eigenvalue weighted by atomic mass is 9.50. The maximum absolute atomic E-state index is 13.1. The van der Waals surface area contributed by atoms with Gasteiger partial charge in [-0.2, -0.15) is 0 Å². The van der Waals surface area contributed by atoms with E-state index in [0.29, 0.717) is 19.4 Å². The lowest BCUT2D eigenvalue weighted by Gasteiger charge is -2.58. The van der Waals surface area contributed by atoms with Crippen LogP contribution in [0.5, 0.6) is 0 Å². The highest BCUT2D eigenvalue weighted by Gasteiger charge is 2.86. The second-order valence-corrected chi connectivity index (χ2v) is 12.8. The molecule has 2 saturated carbocycles. The molecule has 10 nitrogen and oxygen atoms in total. The molecule has 2 spiro atoms. The third-order valence-corrected chi connectivity index (χ3v) is 10.6. The van der Waals surface area contributed by atoms with Crippen LogP contribution in [0.25, 0.3) is 0 Å². The van der Waals surface area contributed by atoms with Gasteiger partial charge < -0.3 is 38.6 Å². The number of ether oxygens (including phenoxy) is 6. The Labute approximate surface area is 228 Å². The van der Waals surface area contributed by atoms with Crippen LogP contribution in [0.3, 0.4) is 0 Å². The maximum Gasteiger partial charge on any atom is 0.331 e. The molecule has 4 heterocycles. The predicted molar refractivity (Wildman–Crippen MR) is 135 cm³/mol. The van der Waals surface area contributed by atoms with Gasteiger partial charge in [-0.15, -0.1) is 0 Å². The lowest BCUT2D eigenvalue weighted by Crippen LogP contribution is -2.69. The summed E-state index contributed by atoms with van der Waals surface area (Å²) in [5, 5.41) is 20.7. The molecule has 216 valence electrons. The van der Waals surface area contributed by atoms with E-state index in [2.05, 4.69) is 13.8 Å². The second kappa shape index (κ2) is 9.36. The summed E-state index contributed by atoms with van der Waals surface area (Å²) in [5.41, 5.74) is -2.22. The van der Waals surface area contributed by atoms with E-state index in [-0.39, 0.29) is 43.5 Å². The van der Waals surface area contributed by atoms with Crippen molar-refractivity contribution in [2.24, 2.45) is 16.7 Å². The van der Waals surface area contributed by atoms with Crippen LogP contribution >= 0.6 is 0 Å². The van der Waals surface area contributed by atoms with Crippen molar-refractivity contribution < 1.29 is 48.2 Å². The monoisotopic (exact) mass is 548 g/mol. The fourth-order valence-electron chi connectivity index (χ4n) is 7.73. The van der Waals surface area contributed by atoms with E-state index in [4.69, 9.17) is 28.4 Å². The van der Waals surface area contributed by atoms with Crippen LogP contribution in [0, 0.1) is 16.7 Å². The van der Waals surface area contributed by atoms with Crippen molar-refractivity contribution in [3.05, 3.63) is 24.3 Å². The van der Waals surface area contributed by atoms with E-state index in [9.17, 15) is 19.8 Å². The van der Waals surface area contributed by atoms with Crippen molar-refractivity contribution >= 4 is 11.9 Å². The molecule has 0 radical (unpaired) electrons. The SMILES string of the molecule is C[C@H](O)[C@H]1/C=C/C=C\C(=O)O[C@@H]2C[C@H]3O[C@@H]4[C@@H]5O[C@]5(C)CC[C@]4(COC(=O)C[C@@H](C)[C@@H](O)CO1)[C@]2(C)[C@]31CO1. The van der Waals surface area contributed by atoms with E-state index in [1.54, 1.807) is 32.1 Å². The molecule has 0 aromatic carbocycles. The average molecular weight is 549 g/mol. The molecule has 6 aliphatic rings. The number of rotatable bonds is 1. The number of aliphatic hydroxyl groups is 2. The zero-order valence-electron chi connectivity index (χ0n) is 23.0. The normalized spacial score (nSPS) is 53.7. The number of carbonyl (C=O) groups is 2. The number of esters is 2. The second-order valence-electron chi connectivity index (χ2n) is 12.8. The molecular formula is C29H40O10. The zero-order chi connectivity index (χ0) is 27.8. The number of epoxide rings is 2. The van der Waals surface area contributed by atoms with Crippen LogP contribution in [-0.2, 0) is 38.0 Å². The minimum atomic E-state index is -0.934. The summed E-state index contributed by atoms with van der Waals surface area (Å²) in [4.78, 5) is 26.1. The largest absolute Gasteiger partial charge is 0.465 e. The lowest BCUT2D eigenvalue weighted by molar-refractivity contribution is -0.251. The van der Waals surface area contributed by atoms with E-state index in [1.807, 2.05) is 0 Å². The maximum atomic E-state index is 13.1. The molecule has 10 heteroatoms. The summed E-state index contributed by atoms with van der Waals surface area (Å²) in [5.74, 6) is -1.36. The van der Waals surface area contributed by atoms with E-state index in [1.165, 1.54) is 6.08 Å². The molecule has 39 heavy (non-hydrogen) atoms. The molecule has 0 aromatic rings. The third-order valence-electron chi connectivity index (χ3n) is 10.6. The van der Waals surface area contributed by atoms with Crippen molar-refractivity contribution in [3.8, 4) is 0 Å². The summed E-state index contributed by atoms with van der Waals surface area (Å²) in [7, 11) is 0. The van der Waals surface area contributed by atoms with Gasteiger partial charge in [-0.25, -0.2) is 4.79 Å². The summed E-state index contributed by atoms with van der Waals surface area (Å²) < 4.78 is 36.8. The Morgan fingerprint density at radius 1 is 1.08 bits per heavy atom. The summed E-state index contributed by atoms with van der Waals surface area (Å²) in [6, 6.07) is 0. The van der Waals surface area contributed by atoms with Crippen molar-refractivity contribution in [1.29, 1.82) is 0 Å². The molecular weight excluding hydrogens is 508 g/mol. The Balaban J connectivity index is 1.35. The molecule has 3 saturated heterocycles. The highest BCUT2D eigenvalue weighted by molar-refractivity contribution is 5.82. The smallest absolute Gasteiger partial charge is 0.331 e. The van der Waals surface area contributed by atoms with Crippen LogP contribution in [0.2, 0.25) is 0 Å². The summed E-state index contributed by atoms with van der Waals surface area (Å²) >= 11 is 0. The molecule has 2 N–H and O–H groups in total. The molecule has 2 aliphatic carbocycles. The zero-order valence-corrected chi connectivity index (χ0v) is 23.0. The first-order valence-electron chi connectivity index (χ1n) is 14.1. The molecule has 4 aliphatic heterocycles. The third kappa shape index (κ3) is 4.13. The van der Waals surface area contributed by atoms with Gasteiger partial charge in [-0.05, 0) is 32.6 Å². The molecule has 0 unspecified atom stereocenters. The number of aliphatic hydroxyl groups excluding tert-OH is 2. The van der Waals surface area contributed by atoms with Crippen molar-refractivity contribution in [1.82, 2.24) is 0 Å². The van der Waals surface area contributed by atoms with Gasteiger partial charge in [-0.3, -0.25) is 4.79 Å². The van der Waals surface area contributed by atoms with Gasteiger partial charge in [0.05, 0.1) is 55.1 Å². The van der Waals surface area contributed by atoms with Gasteiger partial charge in [0.1, 0.15) is 30.5 Å². The first kappa shape index (κ1) is 27.4. The number of carbonyl (C=O) groups excluding carboxylic acids is 2. The molecule has 0 amide bonds. The van der Waals surface area contributed by atoms with Crippen molar-refractivity contribution in [2.45, 2.75) is 107 Å². The van der Waals surface area contributed by atoms with Gasteiger partial charge >= 0.3 is 11.9 Å². The molecule has 6 rings (SSSR count). The number of cyclic esters (lactones) is 1. The van der Waals surface area contributed by atoms with E-state index < -0.39 is 58.7 Å². The summed E-state index contributed by atoms with van der Waals surface area (Å²) in [6.45, 7) is 8.04. The Hall–Kier alpha value is -1.82. The average Bonchev–Trinajstić information content (AvgIpc) is 3.79. The van der Waals surface area contributed by atoms with Gasteiger partial charge in [0.15, 0.2) is 0 Å². The Morgan fingerprint density at radius 3 is 2.56 bits per heavy atom. The first-order chi connectivity index (χ1) is 18.5. The first-order valence-corrected chi connectivity index (χ1v) is 14.1. The number of hydrogen-bond donors (Lipinski definition) is 2. The Morgan fingerprint density at radius 2 is 1.85 bits per heavy atom. The predicted octanol–water partition coefficient (Wildman–Crippen LogP) is 1.60. The van der Waals surface area contributed by atoms with Gasteiger partial charge in [0.2, 0.25) is 0 Å². The van der Waals surface area contributed by atoms with Crippen molar-refractivity contribution in [2.75, 3.05) is 19.8 Å². The van der Waals surface area contributed by atoms with Gasteiger partial charge in [0.25, 0.3) is 0 Å². The quantitative estimate of drug-likeness (QED) is 0.367. The van der Waals surface area contributed by atoms with Crippen LogP contribution in [0.4, 0.5) is 0 Å². The van der Waals surface area contributed by atoms with Gasteiger partial charge in [0, 0.05) is 17.9 Å². The number of allylic oxidation sites excluding steroid dienone is 2. The van der Waals surface area contributed by atoms with Crippen LogP contribution in [0.15, 0.2) is 24.3 Å². The number of fused-ring (bicyclic) bond motifs is 2. The minimum Gasteiger partial charge on any atom is -0.465 e. The van der Waals surface area contributed by atoms with Crippen LogP contribution < -0.4 is 0 Å². The molecule has 5 fully saturated rings. The standard InChI is InChI=1S/C29H40O10/c1-16-11-23(33)35-14-28-10-9-26(3)24(39-26)25(28)38-21-12-20(27(28,4)29(21)15-36-29)37-22(32)8-6-5-7-19(17(2)30)34-13-18(16)31/h5-8,16-21,24-25,30-31H,9-15H2,1-4H3/b7-5+,8-6-/t16-,17+,18+,19-,20-,21-,24+,25-,26-,27-,28-,29+/m1/s1. The molecule has 0 aromatic heterocycles. The highest BCUT2D eigenvalue weighted by Crippen LogP contribution is 2.75. The Bertz CT molecular complexity index is 1070. The van der Waals surface area contributed by atoms with Gasteiger partial charge in [-0.1, -0.05) is 32.1 Å². The molecule has 12 atom stereocenters. The van der Waals surface area contributed by atoms with E-state index in [0.717, 1.165) is 6.42 Å². The molecule has 2 bridgehead atoms. The Kier molecular flexibility index (Phi) is 6.56. The van der Waals surface area contributed by atoms with Crippen molar-refractivity contribution in [3.63, 3.8) is 0 Å². The van der Waals surface area contributed by atoms with Crippen LogP contribution in [0.1, 0.15) is 53.4 Å². The fraction of sp³-hybridized carbons (Fsp3) is 0.793. The summed E-state index contributed by atoms with van der Waals surface area (Å²) in [6.07, 6.45) is 4.37. The topological polar surface area (TPSA) is 137 Å².